The van der Waals surface area contributed by atoms with Crippen LogP contribution in [0.1, 0.15) is 37.5 Å². The second kappa shape index (κ2) is 5.16. The average molecular weight is 270 g/mol. The van der Waals surface area contributed by atoms with Gasteiger partial charge in [-0.25, -0.2) is 4.98 Å². The van der Waals surface area contributed by atoms with Gasteiger partial charge in [-0.3, -0.25) is 0 Å². The van der Waals surface area contributed by atoms with Crippen molar-refractivity contribution in [3.63, 3.8) is 0 Å². The minimum absolute atomic E-state index is 0.129. The molecule has 0 fully saturated rings. The van der Waals surface area contributed by atoms with Gasteiger partial charge in [0.1, 0.15) is 5.75 Å². The first-order chi connectivity index (χ1) is 9.29. The molecule has 0 aliphatic rings. The molecule has 0 unspecified atom stereocenters. The van der Waals surface area contributed by atoms with E-state index in [-0.39, 0.29) is 5.41 Å². The number of hydrogen-bond acceptors (Lipinski definition) is 3. The Morgan fingerprint density at radius 3 is 2.35 bits per heavy atom. The van der Waals surface area contributed by atoms with E-state index in [1.54, 1.807) is 6.20 Å². The number of anilines is 1. The molecule has 2 aromatic rings. The number of aromatic nitrogens is 1. The second-order valence-corrected chi connectivity index (χ2v) is 6.18. The lowest BCUT2D eigenvalue weighted by molar-refractivity contribution is 0.460. The molecule has 0 aliphatic heterocycles. The molecule has 0 amide bonds. The largest absolute Gasteiger partial charge is 0.437 e. The van der Waals surface area contributed by atoms with Crippen molar-refractivity contribution in [2.75, 3.05) is 5.73 Å². The number of rotatable bonds is 2. The monoisotopic (exact) mass is 270 g/mol. The third-order valence-electron chi connectivity index (χ3n) is 3.42. The summed E-state index contributed by atoms with van der Waals surface area (Å²) >= 11 is 0. The first kappa shape index (κ1) is 14.4. The van der Waals surface area contributed by atoms with Crippen LogP contribution in [0.15, 0.2) is 30.5 Å². The molecule has 0 radical (unpaired) electrons. The molecule has 1 aromatic carbocycles. The molecular weight excluding hydrogens is 248 g/mol. The van der Waals surface area contributed by atoms with Crippen LogP contribution in [0.25, 0.3) is 0 Å². The third kappa shape index (κ3) is 2.93. The van der Waals surface area contributed by atoms with Gasteiger partial charge in [0.15, 0.2) is 0 Å². The van der Waals surface area contributed by atoms with Gasteiger partial charge >= 0.3 is 0 Å². The molecule has 1 heterocycles. The first-order valence-corrected chi connectivity index (χ1v) is 6.79. The highest BCUT2D eigenvalue weighted by Gasteiger charge is 2.15. The van der Waals surface area contributed by atoms with E-state index in [9.17, 15) is 0 Å². The Labute approximate surface area is 120 Å². The lowest BCUT2D eigenvalue weighted by Gasteiger charge is -2.20. The number of aryl methyl sites for hydroxylation is 2. The summed E-state index contributed by atoms with van der Waals surface area (Å²) in [7, 11) is 0. The molecule has 0 aliphatic carbocycles. The van der Waals surface area contributed by atoms with Gasteiger partial charge < -0.3 is 10.5 Å². The predicted molar refractivity (Wildman–Crippen MR) is 83.3 cm³/mol. The summed E-state index contributed by atoms with van der Waals surface area (Å²) in [6, 6.07) is 8.10. The molecule has 3 heteroatoms. The van der Waals surface area contributed by atoms with Crippen LogP contribution in [0.2, 0.25) is 0 Å². The van der Waals surface area contributed by atoms with Crippen molar-refractivity contribution in [1.29, 1.82) is 0 Å². The Hall–Kier alpha value is -2.03. The number of nitrogen functional groups attached to an aromatic ring is 1. The number of pyridine rings is 1. The third-order valence-corrected chi connectivity index (χ3v) is 3.42. The molecule has 1 aromatic heterocycles. The normalized spacial score (nSPS) is 11.4. The van der Waals surface area contributed by atoms with Crippen LogP contribution in [0, 0.1) is 13.8 Å². The molecule has 20 heavy (non-hydrogen) atoms. The lowest BCUT2D eigenvalue weighted by Crippen LogP contribution is -2.11. The molecule has 0 atom stereocenters. The highest BCUT2D eigenvalue weighted by molar-refractivity contribution is 5.55. The molecule has 2 rings (SSSR count). The lowest BCUT2D eigenvalue weighted by atomic mass is 9.86. The summed E-state index contributed by atoms with van der Waals surface area (Å²) in [5.41, 5.74) is 10.1. The van der Waals surface area contributed by atoms with Crippen molar-refractivity contribution in [3.8, 4) is 11.6 Å². The number of benzene rings is 1. The molecule has 0 bridgehead atoms. The van der Waals surface area contributed by atoms with Gasteiger partial charge in [-0.1, -0.05) is 32.9 Å². The van der Waals surface area contributed by atoms with Gasteiger partial charge in [0, 0.05) is 6.20 Å². The molecule has 2 N–H and O–H groups in total. The zero-order valence-electron chi connectivity index (χ0n) is 12.8. The summed E-state index contributed by atoms with van der Waals surface area (Å²) in [5.74, 6) is 1.26. The molecule has 0 spiro atoms. The minimum Gasteiger partial charge on any atom is -0.437 e. The Morgan fingerprint density at radius 2 is 1.75 bits per heavy atom. The van der Waals surface area contributed by atoms with Gasteiger partial charge in [-0.05, 0) is 48.1 Å². The number of hydrogen-bond donors (Lipinski definition) is 1. The van der Waals surface area contributed by atoms with Gasteiger partial charge in [0.25, 0.3) is 0 Å². The van der Waals surface area contributed by atoms with E-state index in [4.69, 9.17) is 10.5 Å². The smallest absolute Gasteiger partial charge is 0.242 e. The molecule has 0 saturated heterocycles. The van der Waals surface area contributed by atoms with Crippen molar-refractivity contribution in [1.82, 2.24) is 4.98 Å². The van der Waals surface area contributed by atoms with Crippen LogP contribution in [0.4, 0.5) is 5.69 Å². The minimum atomic E-state index is 0.129. The quantitative estimate of drug-likeness (QED) is 0.881. The highest BCUT2D eigenvalue weighted by atomic mass is 16.5. The topological polar surface area (TPSA) is 48.1 Å². The fourth-order valence-corrected chi connectivity index (χ4v) is 1.96. The standard InChI is InChI=1S/C17H22N2O/c1-11-8-9-19-16(15(11)18)20-14-7-6-13(10-12(14)2)17(3,4)5/h6-10H,18H2,1-5H3. The van der Waals surface area contributed by atoms with E-state index in [0.717, 1.165) is 16.9 Å². The number of ether oxygens (including phenoxy) is 1. The van der Waals surface area contributed by atoms with Crippen LogP contribution < -0.4 is 10.5 Å². The SMILES string of the molecule is Cc1cc(C(C)(C)C)ccc1Oc1nccc(C)c1N. The maximum absolute atomic E-state index is 5.99. The van der Waals surface area contributed by atoms with E-state index >= 15 is 0 Å². The van der Waals surface area contributed by atoms with Gasteiger partial charge in [0.05, 0.1) is 5.69 Å². The van der Waals surface area contributed by atoms with Crippen molar-refractivity contribution in [2.24, 2.45) is 0 Å². The fraction of sp³-hybridized carbons (Fsp3) is 0.353. The van der Waals surface area contributed by atoms with Crippen LogP contribution in [-0.2, 0) is 5.41 Å². The summed E-state index contributed by atoms with van der Waals surface area (Å²) in [6.45, 7) is 10.6. The second-order valence-electron chi connectivity index (χ2n) is 6.18. The molecule has 0 saturated carbocycles. The molecule has 106 valence electrons. The van der Waals surface area contributed by atoms with Gasteiger partial charge in [-0.15, -0.1) is 0 Å². The maximum atomic E-state index is 5.99. The van der Waals surface area contributed by atoms with E-state index in [1.807, 2.05) is 26.0 Å². The zero-order chi connectivity index (χ0) is 14.9. The Kier molecular flexibility index (Phi) is 3.71. The predicted octanol–water partition coefficient (Wildman–Crippen LogP) is 4.37. The van der Waals surface area contributed by atoms with E-state index in [1.165, 1.54) is 5.56 Å². The molecular formula is C17H22N2O. The summed E-state index contributed by atoms with van der Waals surface area (Å²) in [4.78, 5) is 4.20. The van der Waals surface area contributed by atoms with Crippen molar-refractivity contribution < 1.29 is 4.74 Å². The summed E-state index contributed by atoms with van der Waals surface area (Å²) in [5, 5.41) is 0. The van der Waals surface area contributed by atoms with Gasteiger partial charge in [0.2, 0.25) is 5.88 Å². The van der Waals surface area contributed by atoms with Crippen LogP contribution in [-0.4, -0.2) is 4.98 Å². The fourth-order valence-electron chi connectivity index (χ4n) is 1.96. The Balaban J connectivity index is 2.33. The van der Waals surface area contributed by atoms with E-state index < -0.39 is 0 Å². The van der Waals surface area contributed by atoms with E-state index in [2.05, 4.69) is 37.9 Å². The first-order valence-electron chi connectivity index (χ1n) is 6.79. The number of nitrogens with two attached hydrogens (primary N) is 1. The summed E-state index contributed by atoms with van der Waals surface area (Å²) in [6.07, 6.45) is 1.71. The number of nitrogens with zero attached hydrogens (tertiary/aromatic N) is 1. The van der Waals surface area contributed by atoms with Crippen molar-refractivity contribution in [2.45, 2.75) is 40.0 Å². The highest BCUT2D eigenvalue weighted by Crippen LogP contribution is 2.32. The van der Waals surface area contributed by atoms with Crippen LogP contribution in [0.3, 0.4) is 0 Å². The summed E-state index contributed by atoms with van der Waals surface area (Å²) < 4.78 is 5.85. The molecule has 3 nitrogen and oxygen atoms in total. The van der Waals surface area contributed by atoms with Gasteiger partial charge in [-0.2, -0.15) is 0 Å². The maximum Gasteiger partial charge on any atom is 0.242 e. The van der Waals surface area contributed by atoms with E-state index in [0.29, 0.717) is 11.6 Å². The average Bonchev–Trinajstić information content (AvgIpc) is 2.36. The Morgan fingerprint density at radius 1 is 1.05 bits per heavy atom. The zero-order valence-corrected chi connectivity index (χ0v) is 12.8. The van der Waals surface area contributed by atoms with Crippen LogP contribution in [0.5, 0.6) is 11.6 Å². The van der Waals surface area contributed by atoms with Crippen molar-refractivity contribution in [3.05, 3.63) is 47.2 Å². The Bertz CT molecular complexity index is 627. The van der Waals surface area contributed by atoms with Crippen molar-refractivity contribution >= 4 is 5.69 Å². The van der Waals surface area contributed by atoms with Crippen LogP contribution >= 0.6 is 0 Å².